The molecule has 0 unspecified atom stereocenters. The Bertz CT molecular complexity index is 400. The third kappa shape index (κ3) is 2.72. The Labute approximate surface area is 114 Å². The van der Waals surface area contributed by atoms with Crippen LogP contribution >= 0.6 is 0 Å². The lowest BCUT2D eigenvalue weighted by molar-refractivity contribution is 0.126. The van der Waals surface area contributed by atoms with Gasteiger partial charge in [-0.2, -0.15) is 0 Å². The number of nitrogens with zero attached hydrogens (tertiary/aromatic N) is 4. The van der Waals surface area contributed by atoms with Crippen LogP contribution in [0.4, 0.5) is 5.95 Å². The van der Waals surface area contributed by atoms with Crippen molar-refractivity contribution in [1.29, 1.82) is 0 Å². The summed E-state index contributed by atoms with van der Waals surface area (Å²) in [5, 5.41) is 0. The molecular formula is C14H22N4O. The zero-order valence-electron chi connectivity index (χ0n) is 11.5. The van der Waals surface area contributed by atoms with Gasteiger partial charge in [0.25, 0.3) is 0 Å². The van der Waals surface area contributed by atoms with Gasteiger partial charge in [0.2, 0.25) is 5.95 Å². The summed E-state index contributed by atoms with van der Waals surface area (Å²) in [7, 11) is 1.78. The van der Waals surface area contributed by atoms with Crippen molar-refractivity contribution in [3.63, 3.8) is 0 Å². The number of piperidine rings is 1. The van der Waals surface area contributed by atoms with E-state index < -0.39 is 0 Å². The molecule has 1 aromatic rings. The predicted molar refractivity (Wildman–Crippen MR) is 74.2 cm³/mol. The third-order valence-electron chi connectivity index (χ3n) is 4.37. The molecule has 104 valence electrons. The number of fused-ring (bicyclic) bond motifs is 1. The van der Waals surface area contributed by atoms with Crippen LogP contribution in [-0.4, -0.2) is 60.8 Å². The summed E-state index contributed by atoms with van der Waals surface area (Å²) in [6.07, 6.45) is 6.16. The molecular weight excluding hydrogens is 240 g/mol. The Morgan fingerprint density at radius 3 is 2.89 bits per heavy atom. The zero-order chi connectivity index (χ0) is 13.1. The fourth-order valence-corrected chi connectivity index (χ4v) is 3.40. The quantitative estimate of drug-likeness (QED) is 0.810. The van der Waals surface area contributed by atoms with Crippen molar-refractivity contribution < 1.29 is 4.74 Å². The minimum atomic E-state index is 0.732. The number of hydrogen-bond acceptors (Lipinski definition) is 5. The van der Waals surface area contributed by atoms with Gasteiger partial charge in [-0.3, -0.25) is 4.90 Å². The van der Waals surface area contributed by atoms with Crippen LogP contribution in [0.1, 0.15) is 12.8 Å². The van der Waals surface area contributed by atoms with Gasteiger partial charge >= 0.3 is 0 Å². The zero-order valence-corrected chi connectivity index (χ0v) is 11.5. The maximum Gasteiger partial charge on any atom is 0.225 e. The van der Waals surface area contributed by atoms with Gasteiger partial charge in [-0.1, -0.05) is 0 Å². The van der Waals surface area contributed by atoms with Gasteiger partial charge < -0.3 is 9.64 Å². The maximum absolute atomic E-state index is 5.20. The van der Waals surface area contributed by atoms with Crippen molar-refractivity contribution >= 4 is 5.95 Å². The predicted octanol–water partition coefficient (Wildman–Crippen LogP) is 1.02. The van der Waals surface area contributed by atoms with Crippen molar-refractivity contribution in [1.82, 2.24) is 14.9 Å². The van der Waals surface area contributed by atoms with Crippen LogP contribution in [0.15, 0.2) is 18.5 Å². The highest BCUT2D eigenvalue weighted by molar-refractivity contribution is 5.30. The minimum absolute atomic E-state index is 0.732. The molecule has 2 saturated heterocycles. The second kappa shape index (κ2) is 5.84. The highest BCUT2D eigenvalue weighted by Gasteiger charge is 2.38. The first-order chi connectivity index (χ1) is 9.38. The molecule has 2 aliphatic rings. The first-order valence-electron chi connectivity index (χ1n) is 7.13. The summed E-state index contributed by atoms with van der Waals surface area (Å²) < 4.78 is 5.20. The van der Waals surface area contributed by atoms with E-state index in [0.717, 1.165) is 44.1 Å². The standard InChI is InChI=1S/C14H22N4O/c1-19-10-9-17-7-3-12-11-18(8-4-13(12)17)14-15-5-2-6-16-14/h2,5-6,12-13H,3-4,7-11H2,1H3/t12-,13+/m1/s1. The maximum atomic E-state index is 5.20. The van der Waals surface area contributed by atoms with Gasteiger partial charge in [-0.15, -0.1) is 0 Å². The Hall–Kier alpha value is -1.20. The molecule has 0 aromatic carbocycles. The Morgan fingerprint density at radius 1 is 1.26 bits per heavy atom. The largest absolute Gasteiger partial charge is 0.383 e. The number of rotatable bonds is 4. The van der Waals surface area contributed by atoms with E-state index in [4.69, 9.17) is 4.74 Å². The van der Waals surface area contributed by atoms with E-state index in [-0.39, 0.29) is 0 Å². The van der Waals surface area contributed by atoms with Crippen molar-refractivity contribution in [3.05, 3.63) is 18.5 Å². The van der Waals surface area contributed by atoms with Crippen LogP contribution in [0.25, 0.3) is 0 Å². The SMILES string of the molecule is COCCN1CC[C@@H]2CN(c3ncccn3)CC[C@@H]21. The molecule has 19 heavy (non-hydrogen) atoms. The van der Waals surface area contributed by atoms with Gasteiger partial charge in [0.05, 0.1) is 6.61 Å². The lowest BCUT2D eigenvalue weighted by atomic mass is 9.93. The van der Waals surface area contributed by atoms with E-state index in [9.17, 15) is 0 Å². The van der Waals surface area contributed by atoms with Crippen LogP contribution in [0.3, 0.4) is 0 Å². The highest BCUT2D eigenvalue weighted by atomic mass is 16.5. The van der Waals surface area contributed by atoms with Gasteiger partial charge in [0.1, 0.15) is 0 Å². The number of anilines is 1. The lowest BCUT2D eigenvalue weighted by Crippen LogP contribution is -2.47. The van der Waals surface area contributed by atoms with Crippen LogP contribution in [-0.2, 0) is 4.74 Å². The lowest BCUT2D eigenvalue weighted by Gasteiger charge is -2.37. The molecule has 0 bridgehead atoms. The molecule has 0 spiro atoms. The number of ether oxygens (including phenoxy) is 1. The van der Waals surface area contributed by atoms with Gasteiger partial charge in [0, 0.05) is 45.2 Å². The first kappa shape index (κ1) is 12.8. The van der Waals surface area contributed by atoms with Crippen LogP contribution in [0, 0.1) is 5.92 Å². The molecule has 2 fully saturated rings. The topological polar surface area (TPSA) is 41.5 Å². The summed E-state index contributed by atoms with van der Waals surface area (Å²) in [4.78, 5) is 13.7. The molecule has 0 saturated carbocycles. The second-order valence-electron chi connectivity index (χ2n) is 5.43. The van der Waals surface area contributed by atoms with Gasteiger partial charge in [-0.05, 0) is 31.4 Å². The second-order valence-corrected chi connectivity index (χ2v) is 5.43. The summed E-state index contributed by atoms with van der Waals surface area (Å²) >= 11 is 0. The van der Waals surface area contributed by atoms with E-state index in [1.54, 1.807) is 7.11 Å². The molecule has 0 radical (unpaired) electrons. The van der Waals surface area contributed by atoms with Crippen molar-refractivity contribution in [2.75, 3.05) is 44.8 Å². The molecule has 3 rings (SSSR count). The van der Waals surface area contributed by atoms with Crippen molar-refractivity contribution in [2.45, 2.75) is 18.9 Å². The molecule has 1 aromatic heterocycles. The summed E-state index contributed by atoms with van der Waals surface area (Å²) in [6.45, 7) is 5.28. The van der Waals surface area contributed by atoms with Crippen LogP contribution in [0.5, 0.6) is 0 Å². The minimum Gasteiger partial charge on any atom is -0.383 e. The summed E-state index contributed by atoms with van der Waals surface area (Å²) in [5.41, 5.74) is 0. The van der Waals surface area contributed by atoms with E-state index >= 15 is 0 Å². The Morgan fingerprint density at radius 2 is 2.11 bits per heavy atom. The molecule has 0 amide bonds. The fraction of sp³-hybridized carbons (Fsp3) is 0.714. The van der Waals surface area contributed by atoms with Gasteiger partial charge in [0.15, 0.2) is 0 Å². The van der Waals surface area contributed by atoms with E-state index in [1.165, 1.54) is 19.4 Å². The smallest absolute Gasteiger partial charge is 0.225 e. The molecule has 0 aliphatic carbocycles. The average molecular weight is 262 g/mol. The molecule has 0 N–H and O–H groups in total. The number of likely N-dealkylation sites (tertiary alicyclic amines) is 1. The Balaban J connectivity index is 1.61. The average Bonchev–Trinajstić information content (AvgIpc) is 2.88. The Kier molecular flexibility index (Phi) is 3.94. The molecule has 5 heteroatoms. The van der Waals surface area contributed by atoms with Crippen molar-refractivity contribution in [2.24, 2.45) is 5.92 Å². The first-order valence-corrected chi connectivity index (χ1v) is 7.13. The number of hydrogen-bond donors (Lipinski definition) is 0. The van der Waals surface area contributed by atoms with Crippen molar-refractivity contribution in [3.8, 4) is 0 Å². The third-order valence-corrected chi connectivity index (χ3v) is 4.37. The highest BCUT2D eigenvalue weighted by Crippen LogP contribution is 2.32. The van der Waals surface area contributed by atoms with Crippen LogP contribution < -0.4 is 4.90 Å². The normalized spacial score (nSPS) is 27.5. The fourth-order valence-electron chi connectivity index (χ4n) is 3.40. The van der Waals surface area contributed by atoms with Crippen LogP contribution in [0.2, 0.25) is 0 Å². The number of methoxy groups -OCH3 is 1. The summed E-state index contributed by atoms with van der Waals surface area (Å²) in [5.74, 6) is 1.64. The molecule has 2 atom stereocenters. The molecule has 5 nitrogen and oxygen atoms in total. The van der Waals surface area contributed by atoms with Gasteiger partial charge in [-0.25, -0.2) is 9.97 Å². The van der Waals surface area contributed by atoms with E-state index in [2.05, 4.69) is 19.8 Å². The monoisotopic (exact) mass is 262 g/mol. The number of aromatic nitrogens is 2. The molecule has 3 heterocycles. The molecule has 2 aliphatic heterocycles. The van der Waals surface area contributed by atoms with E-state index in [0.29, 0.717) is 0 Å². The summed E-state index contributed by atoms with van der Waals surface area (Å²) in [6, 6.07) is 2.60. The van der Waals surface area contributed by atoms with E-state index in [1.807, 2.05) is 18.5 Å².